The van der Waals surface area contributed by atoms with Crippen LogP contribution in [-0.4, -0.2) is 25.0 Å². The van der Waals surface area contributed by atoms with Crippen LogP contribution in [0.25, 0.3) is 11.1 Å². The summed E-state index contributed by atoms with van der Waals surface area (Å²) in [7, 11) is 1.31. The number of hydrogen-bond acceptors (Lipinski definition) is 5. The van der Waals surface area contributed by atoms with Crippen LogP contribution in [0.5, 0.6) is 0 Å². The molecule has 162 valence electrons. The molecule has 3 rings (SSSR count). The summed E-state index contributed by atoms with van der Waals surface area (Å²) in [5, 5.41) is 23.2. The molecule has 32 heavy (non-hydrogen) atoms. The number of nitrogens with zero attached hydrogens (tertiary/aromatic N) is 2. The van der Waals surface area contributed by atoms with Gasteiger partial charge < -0.3 is 15.3 Å². The fourth-order valence-corrected chi connectivity index (χ4v) is 3.45. The number of carbonyl (C=O) groups is 2. The molecule has 1 heterocycles. The second-order valence-corrected chi connectivity index (χ2v) is 7.43. The fourth-order valence-electron chi connectivity index (χ4n) is 3.45. The van der Waals surface area contributed by atoms with Crippen molar-refractivity contribution < 1.29 is 19.1 Å². The van der Waals surface area contributed by atoms with E-state index in [1.165, 1.54) is 19.5 Å². The minimum atomic E-state index is -0.611. The molecule has 1 N–H and O–H groups in total. The van der Waals surface area contributed by atoms with Crippen molar-refractivity contribution in [3.05, 3.63) is 95.0 Å². The van der Waals surface area contributed by atoms with Crippen LogP contribution in [0.1, 0.15) is 28.4 Å². The number of pyridine rings is 1. The normalized spacial score (nSPS) is 12.3. The van der Waals surface area contributed by atoms with Crippen molar-refractivity contribution >= 4 is 11.9 Å². The molecule has 0 aliphatic heterocycles. The quantitative estimate of drug-likeness (QED) is 0.353. The maximum atomic E-state index is 12.8. The van der Waals surface area contributed by atoms with Crippen molar-refractivity contribution in [1.29, 1.82) is 5.26 Å². The molecule has 7 nitrogen and oxygen atoms in total. The van der Waals surface area contributed by atoms with Crippen LogP contribution in [0.4, 0.5) is 0 Å². The lowest BCUT2D eigenvalue weighted by atomic mass is 9.92. The van der Waals surface area contributed by atoms with E-state index in [0.29, 0.717) is 22.3 Å². The van der Waals surface area contributed by atoms with Gasteiger partial charge in [0.2, 0.25) is 0 Å². The highest BCUT2D eigenvalue weighted by molar-refractivity contribution is 5.95. The first-order chi connectivity index (χ1) is 15.4. The van der Waals surface area contributed by atoms with Crippen LogP contribution in [0.3, 0.4) is 0 Å². The van der Waals surface area contributed by atoms with Gasteiger partial charge in [-0.3, -0.25) is 9.59 Å². The number of amides is 1. The van der Waals surface area contributed by atoms with E-state index < -0.39 is 17.9 Å². The molecule has 0 radical (unpaired) electrons. The van der Waals surface area contributed by atoms with Crippen LogP contribution in [0, 0.1) is 22.5 Å². The van der Waals surface area contributed by atoms with Gasteiger partial charge in [0.05, 0.1) is 24.7 Å². The van der Waals surface area contributed by atoms with E-state index in [1.54, 1.807) is 61.5 Å². The number of nitrogens with one attached hydrogen (secondary N) is 1. The van der Waals surface area contributed by atoms with Crippen molar-refractivity contribution in [3.63, 3.8) is 0 Å². The zero-order chi connectivity index (χ0) is 23.1. The molecule has 0 saturated heterocycles. The van der Waals surface area contributed by atoms with Gasteiger partial charge in [-0.25, -0.2) is 0 Å². The summed E-state index contributed by atoms with van der Waals surface area (Å²) in [5.74, 6) is -1.36. The van der Waals surface area contributed by atoms with Gasteiger partial charge in [0.15, 0.2) is 12.4 Å². The first-order valence-corrected chi connectivity index (χ1v) is 10.1. The monoisotopic (exact) mass is 429 g/mol. The molecular weight excluding hydrogens is 406 g/mol. The molecule has 0 fully saturated rings. The maximum absolute atomic E-state index is 12.8. The van der Waals surface area contributed by atoms with Gasteiger partial charge in [0.25, 0.3) is 5.91 Å². The Kier molecular flexibility index (Phi) is 7.19. The SMILES string of the molecule is COC(=O)[C@H](Cc1cccc(C#N)c1)[C@@H](C)NC(=O)c1ccc(-c2cc[n+]([O-])cc2)cc1. The Labute approximate surface area is 186 Å². The summed E-state index contributed by atoms with van der Waals surface area (Å²) < 4.78 is 5.65. The third-order valence-corrected chi connectivity index (χ3v) is 5.26. The molecule has 7 heteroatoms. The average molecular weight is 429 g/mol. The van der Waals surface area contributed by atoms with Gasteiger partial charge in [-0.2, -0.15) is 9.99 Å². The number of rotatable bonds is 7. The van der Waals surface area contributed by atoms with Crippen molar-refractivity contribution in [2.45, 2.75) is 19.4 Å². The number of aromatic nitrogens is 1. The van der Waals surface area contributed by atoms with Crippen LogP contribution in [0.15, 0.2) is 73.1 Å². The zero-order valence-corrected chi connectivity index (χ0v) is 17.8. The highest BCUT2D eigenvalue weighted by Crippen LogP contribution is 2.20. The molecule has 2 atom stereocenters. The Morgan fingerprint density at radius 3 is 2.38 bits per heavy atom. The van der Waals surface area contributed by atoms with E-state index >= 15 is 0 Å². The molecule has 0 unspecified atom stereocenters. The second kappa shape index (κ2) is 10.2. The number of benzene rings is 2. The predicted octanol–water partition coefficient (Wildman–Crippen LogP) is 3.01. The average Bonchev–Trinajstić information content (AvgIpc) is 2.82. The molecule has 1 aromatic heterocycles. The lowest BCUT2D eigenvalue weighted by Gasteiger charge is -2.23. The van der Waals surface area contributed by atoms with E-state index in [9.17, 15) is 14.8 Å². The number of nitriles is 1. The number of ether oxygens (including phenoxy) is 1. The molecule has 0 saturated carbocycles. The molecular formula is C25H23N3O4. The highest BCUT2D eigenvalue weighted by atomic mass is 16.5. The Hall–Kier alpha value is -4.18. The minimum Gasteiger partial charge on any atom is -0.619 e. The first-order valence-electron chi connectivity index (χ1n) is 10.1. The Balaban J connectivity index is 1.71. The summed E-state index contributed by atoms with van der Waals surface area (Å²) in [6, 6.07) is 19.0. The smallest absolute Gasteiger partial charge is 0.311 e. The highest BCUT2D eigenvalue weighted by Gasteiger charge is 2.28. The van der Waals surface area contributed by atoms with Crippen LogP contribution in [-0.2, 0) is 16.0 Å². The maximum Gasteiger partial charge on any atom is 0.311 e. The molecule has 0 aliphatic carbocycles. The lowest BCUT2D eigenvalue weighted by molar-refractivity contribution is -0.605. The predicted molar refractivity (Wildman–Crippen MR) is 118 cm³/mol. The third kappa shape index (κ3) is 5.49. The van der Waals surface area contributed by atoms with Crippen molar-refractivity contribution in [2.24, 2.45) is 5.92 Å². The number of esters is 1. The Morgan fingerprint density at radius 1 is 1.09 bits per heavy atom. The van der Waals surface area contributed by atoms with Gasteiger partial charge in [0.1, 0.15) is 0 Å². The van der Waals surface area contributed by atoms with Gasteiger partial charge in [-0.15, -0.1) is 0 Å². The van der Waals surface area contributed by atoms with Crippen LogP contribution >= 0.6 is 0 Å². The number of hydrogen-bond donors (Lipinski definition) is 1. The minimum absolute atomic E-state index is 0.311. The fraction of sp³-hybridized carbons (Fsp3) is 0.200. The molecule has 2 aromatic carbocycles. The standard InChI is InChI=1S/C25H23N3O4/c1-17(23(25(30)32-2)15-18-4-3-5-19(14-18)16-26)27-24(29)22-8-6-20(7-9-22)21-10-12-28(31)13-11-21/h3-14,17,23H,15H2,1-2H3,(H,27,29)/t17-,23-/m1/s1. The van der Waals surface area contributed by atoms with E-state index in [2.05, 4.69) is 11.4 Å². The zero-order valence-electron chi connectivity index (χ0n) is 17.8. The third-order valence-electron chi connectivity index (χ3n) is 5.26. The Bertz CT molecular complexity index is 1140. The van der Waals surface area contributed by atoms with E-state index in [0.717, 1.165) is 16.7 Å². The summed E-state index contributed by atoms with van der Waals surface area (Å²) in [6.07, 6.45) is 3.16. The summed E-state index contributed by atoms with van der Waals surface area (Å²) >= 11 is 0. The van der Waals surface area contributed by atoms with E-state index in [4.69, 9.17) is 10.00 Å². The van der Waals surface area contributed by atoms with E-state index in [1.807, 2.05) is 6.07 Å². The van der Waals surface area contributed by atoms with Crippen LogP contribution < -0.4 is 10.0 Å². The summed E-state index contributed by atoms with van der Waals surface area (Å²) in [6.45, 7) is 1.75. The molecule has 0 spiro atoms. The number of carbonyl (C=O) groups excluding carboxylic acids is 2. The van der Waals surface area contributed by atoms with Crippen molar-refractivity contribution in [2.75, 3.05) is 7.11 Å². The topological polar surface area (TPSA) is 106 Å². The Morgan fingerprint density at radius 2 is 1.75 bits per heavy atom. The second-order valence-electron chi connectivity index (χ2n) is 7.43. The largest absolute Gasteiger partial charge is 0.619 e. The number of methoxy groups -OCH3 is 1. The first kappa shape index (κ1) is 22.5. The molecule has 0 bridgehead atoms. The van der Waals surface area contributed by atoms with Gasteiger partial charge in [0, 0.05) is 23.7 Å². The van der Waals surface area contributed by atoms with Gasteiger partial charge in [-0.1, -0.05) is 24.3 Å². The summed E-state index contributed by atoms with van der Waals surface area (Å²) in [5.41, 5.74) is 3.51. The van der Waals surface area contributed by atoms with Crippen LogP contribution in [0.2, 0.25) is 0 Å². The molecule has 1 amide bonds. The summed E-state index contributed by atoms with van der Waals surface area (Å²) in [4.78, 5) is 25.2. The van der Waals surface area contributed by atoms with Gasteiger partial charge >= 0.3 is 5.97 Å². The lowest BCUT2D eigenvalue weighted by Crippen LogP contribution is -2.42. The molecule has 3 aromatic rings. The van der Waals surface area contributed by atoms with E-state index in [-0.39, 0.29) is 5.91 Å². The van der Waals surface area contributed by atoms with Crippen molar-refractivity contribution in [1.82, 2.24) is 5.32 Å². The molecule has 0 aliphatic rings. The van der Waals surface area contributed by atoms with Gasteiger partial charge in [-0.05, 0) is 54.3 Å². The van der Waals surface area contributed by atoms with Crippen molar-refractivity contribution in [3.8, 4) is 17.2 Å².